The topological polar surface area (TPSA) is 26.0 Å². The van der Waals surface area contributed by atoms with Crippen LogP contribution in [-0.4, -0.2) is 0 Å². The first-order valence-electron chi connectivity index (χ1n) is 6.60. The minimum atomic E-state index is -0.150. The Hall–Kier alpha value is -0.530. The van der Waals surface area contributed by atoms with E-state index in [-0.39, 0.29) is 5.54 Å². The minimum absolute atomic E-state index is 0.150. The summed E-state index contributed by atoms with van der Waals surface area (Å²) < 4.78 is 0. The molecule has 0 atom stereocenters. The maximum Gasteiger partial charge on any atom is 0.0438 e. The molecule has 1 aliphatic rings. The monoisotopic (exact) mass is 251 g/mol. The summed E-state index contributed by atoms with van der Waals surface area (Å²) in [5.41, 5.74) is 8.74. The standard InChI is InChI=1S/C15H22ClN/c1-3-12-6-8-15(17,9-7-12)13-5-4-11(2)14(16)10-13/h4-5,10,12H,3,6-9,17H2,1-2H3. The maximum atomic E-state index is 6.56. The van der Waals surface area contributed by atoms with E-state index in [4.69, 9.17) is 17.3 Å². The lowest BCUT2D eigenvalue weighted by Crippen LogP contribution is -2.40. The lowest BCUT2D eigenvalue weighted by atomic mass is 9.73. The number of hydrogen-bond acceptors (Lipinski definition) is 1. The average Bonchev–Trinajstić information content (AvgIpc) is 2.33. The van der Waals surface area contributed by atoms with Crippen LogP contribution in [0.25, 0.3) is 0 Å². The van der Waals surface area contributed by atoms with Gasteiger partial charge in [0.15, 0.2) is 0 Å². The molecule has 0 bridgehead atoms. The Labute approximate surface area is 109 Å². The molecule has 0 unspecified atom stereocenters. The van der Waals surface area contributed by atoms with Crippen molar-refractivity contribution in [2.24, 2.45) is 11.7 Å². The van der Waals surface area contributed by atoms with Gasteiger partial charge in [-0.1, -0.05) is 37.1 Å². The van der Waals surface area contributed by atoms with Crippen LogP contribution in [0.15, 0.2) is 18.2 Å². The molecule has 0 saturated heterocycles. The zero-order valence-corrected chi connectivity index (χ0v) is 11.6. The fraction of sp³-hybridized carbons (Fsp3) is 0.600. The molecule has 1 nitrogen and oxygen atoms in total. The molecule has 0 heterocycles. The highest BCUT2D eigenvalue weighted by molar-refractivity contribution is 6.31. The molecule has 2 N–H and O–H groups in total. The smallest absolute Gasteiger partial charge is 0.0438 e. The Morgan fingerprint density at radius 1 is 1.35 bits per heavy atom. The molecule has 0 aliphatic heterocycles. The van der Waals surface area contributed by atoms with E-state index < -0.39 is 0 Å². The minimum Gasteiger partial charge on any atom is -0.321 e. The average molecular weight is 252 g/mol. The molecule has 0 spiro atoms. The molecular formula is C15H22ClN. The Morgan fingerprint density at radius 2 is 2.00 bits per heavy atom. The molecule has 94 valence electrons. The van der Waals surface area contributed by atoms with E-state index in [0.29, 0.717) is 0 Å². The second-order valence-electron chi connectivity index (χ2n) is 5.47. The van der Waals surface area contributed by atoms with Crippen LogP contribution < -0.4 is 5.73 Å². The summed E-state index contributed by atoms with van der Waals surface area (Å²) in [4.78, 5) is 0. The van der Waals surface area contributed by atoms with Gasteiger partial charge in [0, 0.05) is 10.6 Å². The molecule has 1 aromatic rings. The highest BCUT2D eigenvalue weighted by atomic mass is 35.5. The number of nitrogens with two attached hydrogens (primary N) is 1. The normalized spacial score (nSPS) is 29.3. The summed E-state index contributed by atoms with van der Waals surface area (Å²) in [6.45, 7) is 4.31. The van der Waals surface area contributed by atoms with Gasteiger partial charge in [-0.3, -0.25) is 0 Å². The third-order valence-electron chi connectivity index (χ3n) is 4.32. The van der Waals surface area contributed by atoms with Crippen LogP contribution in [-0.2, 0) is 5.54 Å². The summed E-state index contributed by atoms with van der Waals surface area (Å²) in [6.07, 6.45) is 5.96. The van der Waals surface area contributed by atoms with Crippen LogP contribution in [0.1, 0.15) is 50.2 Å². The number of benzene rings is 1. The van der Waals surface area contributed by atoms with E-state index in [1.807, 2.05) is 6.92 Å². The third kappa shape index (κ3) is 2.66. The number of aryl methyl sites for hydroxylation is 1. The Bertz CT molecular complexity index is 392. The second-order valence-corrected chi connectivity index (χ2v) is 5.88. The summed E-state index contributed by atoms with van der Waals surface area (Å²) in [7, 11) is 0. The van der Waals surface area contributed by atoms with Crippen molar-refractivity contribution in [3.05, 3.63) is 34.3 Å². The van der Waals surface area contributed by atoms with E-state index >= 15 is 0 Å². The molecule has 1 aromatic carbocycles. The van der Waals surface area contributed by atoms with Gasteiger partial charge in [-0.15, -0.1) is 0 Å². The fourth-order valence-corrected chi connectivity index (χ4v) is 2.97. The zero-order chi connectivity index (χ0) is 12.5. The molecule has 0 aromatic heterocycles. The Kier molecular flexibility index (Phi) is 3.79. The van der Waals surface area contributed by atoms with E-state index in [1.54, 1.807) is 0 Å². The van der Waals surface area contributed by atoms with Crippen molar-refractivity contribution in [1.82, 2.24) is 0 Å². The number of halogens is 1. The molecule has 0 radical (unpaired) electrons. The molecule has 1 aliphatic carbocycles. The van der Waals surface area contributed by atoms with Gasteiger partial charge in [-0.2, -0.15) is 0 Å². The molecule has 2 rings (SSSR count). The van der Waals surface area contributed by atoms with Gasteiger partial charge in [0.05, 0.1) is 0 Å². The van der Waals surface area contributed by atoms with Crippen LogP contribution in [0, 0.1) is 12.8 Å². The zero-order valence-electron chi connectivity index (χ0n) is 10.8. The van der Waals surface area contributed by atoms with Gasteiger partial charge in [0.25, 0.3) is 0 Å². The fourth-order valence-electron chi connectivity index (χ4n) is 2.79. The highest BCUT2D eigenvalue weighted by Gasteiger charge is 2.32. The van der Waals surface area contributed by atoms with Gasteiger partial charge in [0.2, 0.25) is 0 Å². The molecular weight excluding hydrogens is 230 g/mol. The van der Waals surface area contributed by atoms with Gasteiger partial charge < -0.3 is 5.73 Å². The van der Waals surface area contributed by atoms with Crippen LogP contribution in [0.3, 0.4) is 0 Å². The van der Waals surface area contributed by atoms with Crippen molar-refractivity contribution in [1.29, 1.82) is 0 Å². The van der Waals surface area contributed by atoms with Crippen LogP contribution in [0.2, 0.25) is 5.02 Å². The Balaban J connectivity index is 2.18. The van der Waals surface area contributed by atoms with E-state index in [2.05, 4.69) is 25.1 Å². The molecule has 1 fully saturated rings. The summed E-state index contributed by atoms with van der Waals surface area (Å²) >= 11 is 6.20. The second kappa shape index (κ2) is 4.99. The van der Waals surface area contributed by atoms with Crippen molar-refractivity contribution in [3.63, 3.8) is 0 Å². The van der Waals surface area contributed by atoms with Crippen LogP contribution >= 0.6 is 11.6 Å². The SMILES string of the molecule is CCC1CCC(N)(c2ccc(C)c(Cl)c2)CC1. The Morgan fingerprint density at radius 3 is 2.53 bits per heavy atom. The van der Waals surface area contributed by atoms with Gasteiger partial charge in [0.1, 0.15) is 0 Å². The molecule has 2 heteroatoms. The van der Waals surface area contributed by atoms with Gasteiger partial charge >= 0.3 is 0 Å². The van der Waals surface area contributed by atoms with E-state index in [9.17, 15) is 0 Å². The molecule has 17 heavy (non-hydrogen) atoms. The highest BCUT2D eigenvalue weighted by Crippen LogP contribution is 2.39. The lowest BCUT2D eigenvalue weighted by molar-refractivity contribution is 0.231. The van der Waals surface area contributed by atoms with Crippen LogP contribution in [0.4, 0.5) is 0 Å². The number of hydrogen-bond donors (Lipinski definition) is 1. The first-order valence-corrected chi connectivity index (χ1v) is 6.98. The van der Waals surface area contributed by atoms with E-state index in [0.717, 1.165) is 29.3 Å². The van der Waals surface area contributed by atoms with Crippen molar-refractivity contribution >= 4 is 11.6 Å². The van der Waals surface area contributed by atoms with Crippen molar-refractivity contribution in [2.75, 3.05) is 0 Å². The largest absolute Gasteiger partial charge is 0.321 e. The first kappa shape index (κ1) is 12.9. The van der Waals surface area contributed by atoms with Crippen LogP contribution in [0.5, 0.6) is 0 Å². The summed E-state index contributed by atoms with van der Waals surface area (Å²) in [6, 6.07) is 6.29. The lowest BCUT2D eigenvalue weighted by Gasteiger charge is -2.37. The van der Waals surface area contributed by atoms with Crippen molar-refractivity contribution in [2.45, 2.75) is 51.5 Å². The summed E-state index contributed by atoms with van der Waals surface area (Å²) in [5, 5.41) is 0.838. The van der Waals surface area contributed by atoms with Gasteiger partial charge in [-0.05, 0) is 55.7 Å². The number of rotatable bonds is 2. The maximum absolute atomic E-state index is 6.56. The first-order chi connectivity index (χ1) is 8.05. The third-order valence-corrected chi connectivity index (χ3v) is 4.73. The predicted octanol–water partition coefficient (Wildman–Crippen LogP) is 4.40. The molecule has 0 amide bonds. The summed E-state index contributed by atoms with van der Waals surface area (Å²) in [5.74, 6) is 0.868. The van der Waals surface area contributed by atoms with Crippen molar-refractivity contribution in [3.8, 4) is 0 Å². The van der Waals surface area contributed by atoms with E-state index in [1.165, 1.54) is 24.8 Å². The van der Waals surface area contributed by atoms with Gasteiger partial charge in [-0.25, -0.2) is 0 Å². The predicted molar refractivity (Wildman–Crippen MR) is 74.3 cm³/mol. The quantitative estimate of drug-likeness (QED) is 0.828. The van der Waals surface area contributed by atoms with Crippen molar-refractivity contribution < 1.29 is 0 Å². The molecule has 1 saturated carbocycles.